The number of aromatic nitrogens is 1. The third-order valence-corrected chi connectivity index (χ3v) is 10.5. The van der Waals surface area contributed by atoms with Gasteiger partial charge in [0.25, 0.3) is 0 Å². The van der Waals surface area contributed by atoms with Gasteiger partial charge in [-0.25, -0.2) is 4.79 Å². The number of phenolic OH excluding ortho intramolecular Hbond substituents is 1. The molecule has 2 bridgehead atoms. The second kappa shape index (κ2) is 18.2. The molecule has 3 aliphatic rings. The van der Waals surface area contributed by atoms with Gasteiger partial charge in [0.1, 0.15) is 11.5 Å². The van der Waals surface area contributed by atoms with Crippen molar-refractivity contribution >= 4 is 22.7 Å². The van der Waals surface area contributed by atoms with E-state index in [4.69, 9.17) is 4.74 Å². The number of aromatic hydroxyl groups is 1. The molecule has 5 N–H and O–H groups in total. The first-order chi connectivity index (χ1) is 25.3. The number of anilines is 1. The fourth-order valence-corrected chi connectivity index (χ4v) is 7.82. The number of amides is 1. The first-order valence-corrected chi connectivity index (χ1v) is 18.2. The van der Waals surface area contributed by atoms with Crippen LogP contribution in [0.3, 0.4) is 0 Å². The first kappa shape index (κ1) is 39.9. The molecule has 4 aromatic carbocycles. The highest BCUT2D eigenvalue weighted by Gasteiger charge is 2.40. The number of benzene rings is 4. The van der Waals surface area contributed by atoms with Crippen LogP contribution in [0.25, 0.3) is 22.0 Å². The molecule has 0 radical (unpaired) electrons. The molecule has 0 saturated carbocycles. The second-order valence-electron chi connectivity index (χ2n) is 14.0. The number of aliphatic hydroxyl groups excluding tert-OH is 1. The summed E-state index contributed by atoms with van der Waals surface area (Å²) in [4.78, 5) is 31.3. The van der Waals surface area contributed by atoms with E-state index in [1.165, 1.54) is 12.1 Å². The van der Waals surface area contributed by atoms with Gasteiger partial charge in [-0.15, -0.1) is 0 Å². The zero-order chi connectivity index (χ0) is 36.0. The Morgan fingerprint density at radius 3 is 2.46 bits per heavy atom. The van der Waals surface area contributed by atoms with Crippen molar-refractivity contribution in [1.82, 2.24) is 15.2 Å². The van der Waals surface area contributed by atoms with Crippen molar-refractivity contribution in [3.63, 3.8) is 0 Å². The van der Waals surface area contributed by atoms with Crippen LogP contribution in [0.4, 0.5) is 19.9 Å². The van der Waals surface area contributed by atoms with Crippen LogP contribution >= 0.6 is 0 Å². The minimum Gasteiger partial charge on any atom is -0.506 e. The molecule has 1 amide bonds. The molecule has 4 heterocycles. The maximum Gasteiger partial charge on any atom is 0.412 e. The molecule has 10 nitrogen and oxygen atoms in total. The van der Waals surface area contributed by atoms with Gasteiger partial charge >= 0.3 is 6.09 Å². The van der Waals surface area contributed by atoms with Gasteiger partial charge < -0.3 is 35.3 Å². The van der Waals surface area contributed by atoms with Crippen LogP contribution in [0, 0.1) is 5.92 Å². The molecule has 286 valence electrons. The smallest absolute Gasteiger partial charge is 0.412 e. The Balaban J connectivity index is 0.00000280. The van der Waals surface area contributed by atoms with E-state index in [1.807, 2.05) is 54.6 Å². The number of H-pyrrole nitrogens is 1. The van der Waals surface area contributed by atoms with Crippen molar-refractivity contribution in [2.24, 2.45) is 5.92 Å². The van der Waals surface area contributed by atoms with E-state index in [0.717, 1.165) is 85.4 Å². The van der Waals surface area contributed by atoms with Crippen LogP contribution in [-0.4, -0.2) is 70.1 Å². The second-order valence-corrected chi connectivity index (χ2v) is 14.0. The Labute approximate surface area is 312 Å². The molecule has 3 saturated heterocycles. The summed E-state index contributed by atoms with van der Waals surface area (Å²) in [6.07, 6.45) is 2.92. The number of rotatable bonds is 14. The van der Waals surface area contributed by atoms with Crippen LogP contribution in [0.5, 0.6) is 11.5 Å². The van der Waals surface area contributed by atoms with Crippen molar-refractivity contribution in [3.05, 3.63) is 124 Å². The van der Waals surface area contributed by atoms with E-state index in [0.29, 0.717) is 35.5 Å². The maximum absolute atomic E-state index is 12.9. The number of nitrogens with one attached hydrogen (secondary N) is 2. The number of hydrogen-bond acceptors (Lipinski definition) is 7. The summed E-state index contributed by atoms with van der Waals surface area (Å²) < 4.78 is 6.11. The molecule has 1 aromatic heterocycles. The Bertz CT molecular complexity index is 2070. The molecule has 0 aliphatic carbocycles. The molecular weight excluding hydrogens is 694 g/mol. The molecular formula is C42H48F2N4O6. The number of ether oxygens (including phenoxy) is 1. The van der Waals surface area contributed by atoms with E-state index < -0.39 is 12.2 Å². The fraction of sp³-hybridized carbons (Fsp3) is 0.333. The van der Waals surface area contributed by atoms with Gasteiger partial charge in [0.05, 0.1) is 30.0 Å². The van der Waals surface area contributed by atoms with Gasteiger partial charge in [0.15, 0.2) is 0 Å². The summed E-state index contributed by atoms with van der Waals surface area (Å²) in [5, 5.41) is 35.5. The van der Waals surface area contributed by atoms with Gasteiger partial charge in [-0.1, -0.05) is 60.7 Å². The Morgan fingerprint density at radius 1 is 0.926 bits per heavy atom. The largest absolute Gasteiger partial charge is 0.506 e. The lowest BCUT2D eigenvalue weighted by Crippen LogP contribution is -2.59. The van der Waals surface area contributed by atoms with Gasteiger partial charge in [-0.2, -0.15) is 0 Å². The number of carboxylic acid groups (broad SMARTS) is 1. The number of unbranched alkanes of at least 4 members (excludes halogenated alkanes) is 1. The van der Waals surface area contributed by atoms with Crippen molar-refractivity contribution in [3.8, 4) is 22.6 Å². The number of hydrogen-bond donors (Lipinski definition) is 5. The summed E-state index contributed by atoms with van der Waals surface area (Å²) in [6.45, 7) is 4.25. The van der Waals surface area contributed by atoms with E-state index in [9.17, 15) is 24.9 Å². The first-order valence-electron chi connectivity index (χ1n) is 18.2. The zero-order valence-corrected chi connectivity index (χ0v) is 30.0. The normalized spacial score (nSPS) is 18.0. The van der Waals surface area contributed by atoms with Gasteiger partial charge in [-0.05, 0) is 104 Å². The molecule has 0 spiro atoms. The molecule has 0 unspecified atom stereocenters. The number of fused-ring (bicyclic) bond motifs is 4. The lowest BCUT2D eigenvalue weighted by molar-refractivity contribution is 0.0837. The van der Waals surface area contributed by atoms with Gasteiger partial charge in [0, 0.05) is 36.7 Å². The van der Waals surface area contributed by atoms with E-state index in [2.05, 4.69) is 33.4 Å². The molecule has 12 heteroatoms. The maximum atomic E-state index is 12.9. The van der Waals surface area contributed by atoms with Crippen LogP contribution in [0.15, 0.2) is 102 Å². The number of piperidine rings is 3. The minimum atomic E-state index is -0.889. The van der Waals surface area contributed by atoms with Crippen LogP contribution in [-0.2, 0) is 13.0 Å². The van der Waals surface area contributed by atoms with Crippen LogP contribution < -0.4 is 20.5 Å². The van der Waals surface area contributed by atoms with Crippen molar-refractivity contribution < 1.29 is 34.3 Å². The van der Waals surface area contributed by atoms with Crippen LogP contribution in [0.1, 0.15) is 48.5 Å². The van der Waals surface area contributed by atoms with Crippen molar-refractivity contribution in [1.29, 1.82) is 0 Å². The summed E-state index contributed by atoms with van der Waals surface area (Å²) in [5.41, 5.74) is 5.48. The molecule has 2 atom stereocenters. The lowest BCUT2D eigenvalue weighted by atomic mass is 9.82. The van der Waals surface area contributed by atoms with E-state index >= 15 is 0 Å². The predicted octanol–water partition coefficient (Wildman–Crippen LogP) is 7.01. The number of phenols is 1. The summed E-state index contributed by atoms with van der Waals surface area (Å²) in [5.74, 6) is 1.12. The highest BCUT2D eigenvalue weighted by atomic mass is 19.0. The van der Waals surface area contributed by atoms with Crippen molar-refractivity contribution in [2.45, 2.75) is 50.8 Å². The Kier molecular flexibility index (Phi) is 13.4. The quantitative estimate of drug-likeness (QED) is 0.0767. The van der Waals surface area contributed by atoms with Crippen LogP contribution in [0.2, 0.25) is 0 Å². The average molecular weight is 743 g/mol. The third-order valence-electron chi connectivity index (χ3n) is 10.5. The number of halogens is 2. The number of aliphatic hydroxyl groups is 1. The fourth-order valence-electron chi connectivity index (χ4n) is 7.82. The monoisotopic (exact) mass is 742 g/mol. The topological polar surface area (TPSA) is 138 Å². The lowest BCUT2D eigenvalue weighted by Gasteiger charge is -2.48. The molecule has 54 heavy (non-hydrogen) atoms. The summed E-state index contributed by atoms with van der Waals surface area (Å²) in [7, 11) is 0. The van der Waals surface area contributed by atoms with E-state index in [-0.39, 0.29) is 33.3 Å². The molecule has 3 fully saturated rings. The van der Waals surface area contributed by atoms with E-state index in [1.54, 1.807) is 17.0 Å². The molecule has 8 rings (SSSR count). The molecule has 5 aromatic rings. The Hall–Kier alpha value is -5.30. The number of nitrogens with zero attached hydrogens (tertiary/aromatic N) is 2. The number of aryl methyl sites for hydroxylation is 1. The van der Waals surface area contributed by atoms with Gasteiger partial charge in [0.2, 0.25) is 5.56 Å². The number of carbonyl (C=O) groups is 1. The number of aromatic amines is 1. The SMILES string of the molecule is F.F.O=C(O)N(c1cc(CCCCOc2cccc(CNC[C@@H](O)c3ccc(O)c4[nH]c(=O)ccc34)c2)ccc1-c1ccccc1)[C@H]1CN2CCC1CC2. The number of pyridine rings is 1. The molecule has 3 aliphatic heterocycles. The summed E-state index contributed by atoms with van der Waals surface area (Å²) >= 11 is 0. The highest BCUT2D eigenvalue weighted by Crippen LogP contribution is 2.39. The minimum absolute atomic E-state index is 0. The van der Waals surface area contributed by atoms with Gasteiger partial charge in [-0.3, -0.25) is 19.1 Å². The predicted molar refractivity (Wildman–Crippen MR) is 208 cm³/mol. The summed E-state index contributed by atoms with van der Waals surface area (Å²) in [6, 6.07) is 30.3. The average Bonchev–Trinajstić information content (AvgIpc) is 3.16. The highest BCUT2D eigenvalue weighted by molar-refractivity contribution is 5.94. The zero-order valence-electron chi connectivity index (χ0n) is 30.0. The standard InChI is InChI=1S/C42H46N4O6.2FH/c47-38-16-14-34(35-15-17-40(49)44-41(35)38)39(48)26-43-25-29-8-6-11-32(23-29)52-22-5-4-7-28-12-13-33(30-9-2-1-3-10-30)36(24-28)46(42(50)51)37-27-45-20-18-31(37)19-21-45;;/h1-3,6,8-17,23-24,31,37,39,43,47-48H,4-5,7,18-22,25-27H2,(H,44,49)(H,50,51);2*1H/t37-,39+;;/m0../s1. The van der Waals surface area contributed by atoms with Crippen molar-refractivity contribution in [2.75, 3.05) is 37.7 Å². The Morgan fingerprint density at radius 2 is 1.72 bits per heavy atom. The third kappa shape index (κ3) is 9.07.